The van der Waals surface area contributed by atoms with Crippen LogP contribution in [-0.4, -0.2) is 40.2 Å². The summed E-state index contributed by atoms with van der Waals surface area (Å²) in [7, 11) is 0. The van der Waals surface area contributed by atoms with Gasteiger partial charge < -0.3 is 9.72 Å². The van der Waals surface area contributed by atoms with Crippen LogP contribution in [0.25, 0.3) is 21.3 Å². The van der Waals surface area contributed by atoms with E-state index in [1.807, 2.05) is 29.6 Å². The summed E-state index contributed by atoms with van der Waals surface area (Å²) in [5.41, 5.74) is 1.78. The van der Waals surface area contributed by atoms with Crippen molar-refractivity contribution in [2.24, 2.45) is 0 Å². The molecule has 0 saturated carbocycles. The lowest BCUT2D eigenvalue weighted by atomic mass is 10.1. The van der Waals surface area contributed by atoms with Crippen LogP contribution in [-0.2, 0) is 11.3 Å². The van der Waals surface area contributed by atoms with Crippen molar-refractivity contribution in [1.82, 2.24) is 14.9 Å². The highest BCUT2D eigenvalue weighted by atomic mass is 35.5. The summed E-state index contributed by atoms with van der Waals surface area (Å²) in [5, 5.41) is 3.31. The third-order valence-corrected chi connectivity index (χ3v) is 5.64. The fraction of sp³-hybridized carbons (Fsp3) is 0.368. The van der Waals surface area contributed by atoms with E-state index in [9.17, 15) is 4.79 Å². The van der Waals surface area contributed by atoms with E-state index >= 15 is 0 Å². The van der Waals surface area contributed by atoms with Crippen molar-refractivity contribution in [2.75, 3.05) is 13.1 Å². The minimum atomic E-state index is -0.0921. The number of aromatic nitrogens is 2. The van der Waals surface area contributed by atoms with Gasteiger partial charge in [-0.3, -0.25) is 9.69 Å². The van der Waals surface area contributed by atoms with E-state index in [0.29, 0.717) is 22.8 Å². The molecule has 1 aromatic carbocycles. The molecule has 1 aliphatic heterocycles. The highest BCUT2D eigenvalue weighted by molar-refractivity contribution is 7.17. The van der Waals surface area contributed by atoms with Crippen molar-refractivity contribution in [3.63, 3.8) is 0 Å². The number of hydrogen-bond donors (Lipinski definition) is 1. The van der Waals surface area contributed by atoms with Crippen molar-refractivity contribution in [3.05, 3.63) is 50.8 Å². The molecule has 4 rings (SSSR count). The van der Waals surface area contributed by atoms with Gasteiger partial charge in [0.15, 0.2) is 0 Å². The van der Waals surface area contributed by atoms with Crippen LogP contribution in [0.1, 0.15) is 19.7 Å². The summed E-state index contributed by atoms with van der Waals surface area (Å²) < 4.78 is 5.77. The Kier molecular flexibility index (Phi) is 4.84. The van der Waals surface area contributed by atoms with E-state index in [0.717, 1.165) is 29.0 Å². The number of aromatic amines is 1. The molecule has 3 heterocycles. The Morgan fingerprint density at radius 2 is 1.96 bits per heavy atom. The average molecular weight is 390 g/mol. The average Bonchev–Trinajstić information content (AvgIpc) is 2.99. The maximum Gasteiger partial charge on any atom is 0.260 e. The number of rotatable bonds is 3. The molecule has 3 aromatic rings. The topological polar surface area (TPSA) is 58.2 Å². The number of ether oxygens (including phenoxy) is 1. The van der Waals surface area contributed by atoms with Gasteiger partial charge in [0, 0.05) is 29.1 Å². The van der Waals surface area contributed by atoms with E-state index in [4.69, 9.17) is 21.3 Å². The third kappa shape index (κ3) is 3.55. The van der Waals surface area contributed by atoms with Crippen molar-refractivity contribution in [3.8, 4) is 11.1 Å². The minimum absolute atomic E-state index is 0.0921. The van der Waals surface area contributed by atoms with E-state index < -0.39 is 0 Å². The van der Waals surface area contributed by atoms with Crippen LogP contribution in [0.3, 0.4) is 0 Å². The Morgan fingerprint density at radius 1 is 1.27 bits per heavy atom. The third-order valence-electron chi connectivity index (χ3n) is 4.52. The monoisotopic (exact) mass is 389 g/mol. The highest BCUT2D eigenvalue weighted by Crippen LogP contribution is 2.31. The number of thiophene rings is 1. The lowest BCUT2D eigenvalue weighted by Crippen LogP contribution is -2.45. The number of nitrogens with one attached hydrogen (secondary N) is 1. The van der Waals surface area contributed by atoms with Crippen LogP contribution < -0.4 is 5.56 Å². The van der Waals surface area contributed by atoms with Gasteiger partial charge in [-0.2, -0.15) is 0 Å². The summed E-state index contributed by atoms with van der Waals surface area (Å²) in [5.74, 6) is 0.702. The van der Waals surface area contributed by atoms with Crippen LogP contribution in [0, 0.1) is 0 Å². The molecular weight excluding hydrogens is 370 g/mol. The van der Waals surface area contributed by atoms with Crippen molar-refractivity contribution >= 4 is 33.2 Å². The number of halogens is 1. The maximum absolute atomic E-state index is 12.7. The van der Waals surface area contributed by atoms with Crippen LogP contribution in [0.2, 0.25) is 5.02 Å². The molecule has 0 bridgehead atoms. The molecule has 2 aromatic heterocycles. The SMILES string of the molecule is C[C@@H]1CN(Cc2nc3scc(-c4ccc(Cl)cc4)c3c(=O)[nH]2)C[C@@H](C)O1. The lowest BCUT2D eigenvalue weighted by Gasteiger charge is -2.34. The molecule has 1 saturated heterocycles. The predicted molar refractivity (Wildman–Crippen MR) is 106 cm³/mol. The Labute approximate surface area is 160 Å². The first-order valence-electron chi connectivity index (χ1n) is 8.64. The molecule has 1 N–H and O–H groups in total. The van der Waals surface area contributed by atoms with Crippen LogP contribution in [0.15, 0.2) is 34.4 Å². The number of benzene rings is 1. The van der Waals surface area contributed by atoms with Gasteiger partial charge in [-0.25, -0.2) is 4.98 Å². The molecule has 2 atom stereocenters. The van der Waals surface area contributed by atoms with Crippen LogP contribution >= 0.6 is 22.9 Å². The van der Waals surface area contributed by atoms with E-state index in [1.54, 1.807) is 0 Å². The number of H-pyrrole nitrogens is 1. The molecule has 0 unspecified atom stereocenters. The fourth-order valence-electron chi connectivity index (χ4n) is 3.54. The second-order valence-electron chi connectivity index (χ2n) is 6.80. The van der Waals surface area contributed by atoms with Crippen LogP contribution in [0.4, 0.5) is 0 Å². The molecular formula is C19H20ClN3O2S. The first-order chi connectivity index (χ1) is 12.5. The quantitative estimate of drug-likeness (QED) is 0.737. The molecule has 26 heavy (non-hydrogen) atoms. The standard InChI is InChI=1S/C19H20ClN3O2S/c1-11-7-23(8-12(2)25-11)9-16-21-18(24)17-15(10-26-19(17)22-16)13-3-5-14(20)6-4-13/h3-6,10-12H,7-9H2,1-2H3,(H,21,22,24)/t11-,12-/m1/s1. The van der Waals surface area contributed by atoms with Gasteiger partial charge in [0.1, 0.15) is 10.7 Å². The Morgan fingerprint density at radius 3 is 2.65 bits per heavy atom. The highest BCUT2D eigenvalue weighted by Gasteiger charge is 2.23. The second kappa shape index (κ2) is 7.12. The van der Waals surface area contributed by atoms with Crippen molar-refractivity contribution < 1.29 is 4.74 Å². The van der Waals surface area contributed by atoms with E-state index in [1.165, 1.54) is 11.3 Å². The van der Waals surface area contributed by atoms with E-state index in [-0.39, 0.29) is 17.8 Å². The molecule has 0 spiro atoms. The summed E-state index contributed by atoms with van der Waals surface area (Å²) in [6, 6.07) is 7.51. The fourth-order valence-corrected chi connectivity index (χ4v) is 4.63. The number of morpholine rings is 1. The molecule has 136 valence electrons. The molecule has 1 aliphatic rings. The second-order valence-corrected chi connectivity index (χ2v) is 8.09. The Balaban J connectivity index is 1.66. The Bertz CT molecular complexity index is 973. The number of nitrogens with zero attached hydrogens (tertiary/aromatic N) is 2. The number of hydrogen-bond acceptors (Lipinski definition) is 5. The zero-order valence-corrected chi connectivity index (χ0v) is 16.2. The normalized spacial score (nSPS) is 21.3. The molecule has 1 fully saturated rings. The lowest BCUT2D eigenvalue weighted by molar-refractivity contribution is -0.0710. The summed E-state index contributed by atoms with van der Waals surface area (Å²) >= 11 is 7.46. The van der Waals surface area contributed by atoms with Gasteiger partial charge in [0.05, 0.1) is 24.1 Å². The van der Waals surface area contributed by atoms with Gasteiger partial charge in [-0.05, 0) is 31.5 Å². The summed E-state index contributed by atoms with van der Waals surface area (Å²) in [6.45, 7) is 6.44. The predicted octanol–water partition coefficient (Wildman–Crippen LogP) is 3.91. The van der Waals surface area contributed by atoms with Gasteiger partial charge in [0.2, 0.25) is 0 Å². The first kappa shape index (κ1) is 17.7. The molecule has 7 heteroatoms. The maximum atomic E-state index is 12.7. The van der Waals surface area contributed by atoms with Gasteiger partial charge in [-0.1, -0.05) is 23.7 Å². The number of fused-ring (bicyclic) bond motifs is 1. The van der Waals surface area contributed by atoms with E-state index in [2.05, 4.69) is 23.7 Å². The van der Waals surface area contributed by atoms with Gasteiger partial charge in [-0.15, -0.1) is 11.3 Å². The summed E-state index contributed by atoms with van der Waals surface area (Å²) in [6.07, 6.45) is 0.375. The molecule has 0 radical (unpaired) electrons. The zero-order valence-electron chi connectivity index (χ0n) is 14.7. The van der Waals surface area contributed by atoms with Gasteiger partial charge in [0.25, 0.3) is 5.56 Å². The van der Waals surface area contributed by atoms with Crippen molar-refractivity contribution in [1.29, 1.82) is 0 Å². The Hall–Kier alpha value is -1.73. The first-order valence-corrected chi connectivity index (χ1v) is 9.89. The molecule has 5 nitrogen and oxygen atoms in total. The molecule has 0 amide bonds. The smallest absolute Gasteiger partial charge is 0.260 e. The summed E-state index contributed by atoms with van der Waals surface area (Å²) in [4.78, 5) is 23.4. The van der Waals surface area contributed by atoms with Crippen molar-refractivity contribution in [2.45, 2.75) is 32.6 Å². The largest absolute Gasteiger partial charge is 0.373 e. The molecule has 0 aliphatic carbocycles. The van der Waals surface area contributed by atoms with Gasteiger partial charge >= 0.3 is 0 Å². The van der Waals surface area contributed by atoms with Crippen LogP contribution in [0.5, 0.6) is 0 Å². The minimum Gasteiger partial charge on any atom is -0.373 e. The zero-order chi connectivity index (χ0) is 18.3.